The van der Waals surface area contributed by atoms with Crippen molar-refractivity contribution in [2.24, 2.45) is 11.3 Å². The molecule has 3 nitrogen and oxygen atoms in total. The van der Waals surface area contributed by atoms with E-state index in [2.05, 4.69) is 18.8 Å². The average molecular weight is 251 g/mol. The van der Waals surface area contributed by atoms with Gasteiger partial charge in [-0.25, -0.2) is 4.79 Å². The van der Waals surface area contributed by atoms with Crippen LogP contribution in [0.5, 0.6) is 0 Å². The van der Waals surface area contributed by atoms with Crippen LogP contribution in [0.2, 0.25) is 0 Å². The maximum atomic E-state index is 11.6. The largest absolute Gasteiger partial charge is 0.444 e. The van der Waals surface area contributed by atoms with Crippen molar-refractivity contribution in [2.45, 2.75) is 65.0 Å². The zero-order valence-corrected chi connectivity index (χ0v) is 12.0. The van der Waals surface area contributed by atoms with Crippen molar-refractivity contribution >= 4 is 6.09 Å². The Morgan fingerprint density at radius 1 is 1.28 bits per heavy atom. The molecule has 1 spiro atoms. The quantitative estimate of drug-likeness (QED) is 0.761. The molecule has 2 aliphatic rings. The lowest BCUT2D eigenvalue weighted by Crippen LogP contribution is -2.56. The molecule has 0 atom stereocenters. The fourth-order valence-corrected chi connectivity index (χ4v) is 3.23. The Kier molecular flexibility index (Phi) is 3.20. The van der Waals surface area contributed by atoms with Gasteiger partial charge in [-0.05, 0) is 64.7 Å². The van der Waals surface area contributed by atoms with Gasteiger partial charge in [0, 0.05) is 6.04 Å². The predicted octanol–water partition coefficient (Wildman–Crippen LogP) is 3.65. The van der Waals surface area contributed by atoms with E-state index in [0.29, 0.717) is 17.4 Å². The van der Waals surface area contributed by atoms with Crippen LogP contribution in [0.25, 0.3) is 0 Å². The maximum absolute atomic E-state index is 11.6. The summed E-state index contributed by atoms with van der Waals surface area (Å²) in [6.45, 7) is 11.8. The minimum absolute atomic E-state index is 0.280. The van der Waals surface area contributed by atoms with Crippen molar-refractivity contribution in [3.63, 3.8) is 0 Å². The Hall–Kier alpha value is -0.990. The average Bonchev–Trinajstić information content (AvgIpc) is 2.02. The number of carbonyl (C=O) groups excluding carboxylic acids is 1. The lowest BCUT2D eigenvalue weighted by Gasteiger charge is -2.58. The van der Waals surface area contributed by atoms with Gasteiger partial charge in [0.15, 0.2) is 0 Å². The molecule has 18 heavy (non-hydrogen) atoms. The standard InChI is InChI=1S/C15H25NO2/c1-10(2)11-6-15(7-11)8-12(9-15)16-13(17)18-14(3,4)5/h11-12H,1,6-9H2,2-5H3,(H,16,17). The van der Waals surface area contributed by atoms with E-state index in [4.69, 9.17) is 4.74 Å². The monoisotopic (exact) mass is 251 g/mol. The van der Waals surface area contributed by atoms with Crippen LogP contribution >= 0.6 is 0 Å². The molecule has 0 bridgehead atoms. The molecule has 1 amide bonds. The minimum atomic E-state index is -0.410. The van der Waals surface area contributed by atoms with Crippen LogP contribution in [-0.2, 0) is 4.74 Å². The van der Waals surface area contributed by atoms with E-state index in [1.165, 1.54) is 18.4 Å². The number of ether oxygens (including phenoxy) is 1. The van der Waals surface area contributed by atoms with E-state index in [9.17, 15) is 4.79 Å². The number of allylic oxidation sites excluding steroid dienone is 1. The van der Waals surface area contributed by atoms with Gasteiger partial charge in [0.05, 0.1) is 0 Å². The Labute approximate surface area is 110 Å². The second-order valence-electron chi connectivity index (χ2n) is 7.20. The van der Waals surface area contributed by atoms with Gasteiger partial charge in [0.1, 0.15) is 5.60 Å². The Morgan fingerprint density at radius 3 is 2.28 bits per heavy atom. The summed E-state index contributed by atoms with van der Waals surface area (Å²) in [5, 5.41) is 2.96. The summed E-state index contributed by atoms with van der Waals surface area (Å²) >= 11 is 0. The second-order valence-corrected chi connectivity index (χ2v) is 7.20. The first-order valence-electron chi connectivity index (χ1n) is 6.84. The highest BCUT2D eigenvalue weighted by atomic mass is 16.6. The van der Waals surface area contributed by atoms with Crippen LogP contribution < -0.4 is 5.32 Å². The van der Waals surface area contributed by atoms with E-state index in [-0.39, 0.29) is 6.09 Å². The molecule has 0 aromatic carbocycles. The molecule has 0 heterocycles. The number of carbonyl (C=O) groups is 1. The van der Waals surface area contributed by atoms with Crippen molar-refractivity contribution in [3.05, 3.63) is 12.2 Å². The van der Waals surface area contributed by atoms with Gasteiger partial charge in [0.25, 0.3) is 0 Å². The van der Waals surface area contributed by atoms with Crippen molar-refractivity contribution < 1.29 is 9.53 Å². The van der Waals surface area contributed by atoms with E-state index in [1.807, 2.05) is 20.8 Å². The number of hydrogen-bond donors (Lipinski definition) is 1. The zero-order chi connectivity index (χ0) is 13.6. The highest BCUT2D eigenvalue weighted by molar-refractivity contribution is 5.68. The zero-order valence-electron chi connectivity index (χ0n) is 12.0. The van der Waals surface area contributed by atoms with Gasteiger partial charge in [-0.1, -0.05) is 12.2 Å². The predicted molar refractivity (Wildman–Crippen MR) is 72.4 cm³/mol. The summed E-state index contributed by atoms with van der Waals surface area (Å²) in [6.07, 6.45) is 4.45. The molecule has 102 valence electrons. The van der Waals surface area contributed by atoms with Crippen molar-refractivity contribution in [1.82, 2.24) is 5.32 Å². The molecule has 2 saturated carbocycles. The second kappa shape index (κ2) is 4.29. The molecule has 0 unspecified atom stereocenters. The molecular formula is C15H25NO2. The van der Waals surface area contributed by atoms with Gasteiger partial charge >= 0.3 is 6.09 Å². The van der Waals surface area contributed by atoms with Crippen LogP contribution in [0.1, 0.15) is 53.4 Å². The smallest absolute Gasteiger partial charge is 0.407 e. The molecular weight excluding hydrogens is 226 g/mol. The first kappa shape index (κ1) is 13.4. The SMILES string of the molecule is C=C(C)C1CC2(CC(NC(=O)OC(C)(C)C)C2)C1. The Balaban J connectivity index is 1.68. The molecule has 0 aromatic rings. The molecule has 2 aliphatic carbocycles. The van der Waals surface area contributed by atoms with Gasteiger partial charge in [-0.2, -0.15) is 0 Å². The van der Waals surface area contributed by atoms with Crippen LogP contribution in [0.4, 0.5) is 4.79 Å². The molecule has 1 N–H and O–H groups in total. The minimum Gasteiger partial charge on any atom is -0.444 e. The fourth-order valence-electron chi connectivity index (χ4n) is 3.23. The highest BCUT2D eigenvalue weighted by Crippen LogP contribution is 2.60. The lowest BCUT2D eigenvalue weighted by atomic mass is 9.49. The Bertz CT molecular complexity index is 353. The molecule has 0 saturated heterocycles. The van der Waals surface area contributed by atoms with Gasteiger partial charge < -0.3 is 10.1 Å². The van der Waals surface area contributed by atoms with Crippen molar-refractivity contribution in [3.8, 4) is 0 Å². The number of nitrogens with one attached hydrogen (secondary N) is 1. The molecule has 0 radical (unpaired) electrons. The van der Waals surface area contributed by atoms with Gasteiger partial charge in [-0.3, -0.25) is 0 Å². The van der Waals surface area contributed by atoms with E-state index < -0.39 is 5.60 Å². The van der Waals surface area contributed by atoms with Crippen LogP contribution in [0, 0.1) is 11.3 Å². The topological polar surface area (TPSA) is 38.3 Å². The summed E-state index contributed by atoms with van der Waals surface area (Å²) in [5.74, 6) is 0.715. The lowest BCUT2D eigenvalue weighted by molar-refractivity contribution is -0.0386. The number of rotatable bonds is 2. The third-order valence-electron chi connectivity index (χ3n) is 4.14. The van der Waals surface area contributed by atoms with E-state index in [1.54, 1.807) is 0 Å². The van der Waals surface area contributed by atoms with Gasteiger partial charge in [-0.15, -0.1) is 0 Å². The Morgan fingerprint density at radius 2 is 1.83 bits per heavy atom. The first-order valence-corrected chi connectivity index (χ1v) is 6.84. The van der Waals surface area contributed by atoms with Crippen LogP contribution in [0.15, 0.2) is 12.2 Å². The van der Waals surface area contributed by atoms with E-state index in [0.717, 1.165) is 12.8 Å². The molecule has 0 aromatic heterocycles. The summed E-state index contributed by atoms with van der Waals surface area (Å²) < 4.78 is 5.26. The normalized spacial score (nSPS) is 34.4. The first-order chi connectivity index (χ1) is 8.19. The number of alkyl carbamates (subject to hydrolysis) is 1. The molecule has 2 rings (SSSR count). The summed E-state index contributed by atoms with van der Waals surface area (Å²) in [4.78, 5) is 11.6. The number of amides is 1. The molecule has 0 aliphatic heterocycles. The molecule has 3 heteroatoms. The maximum Gasteiger partial charge on any atom is 0.407 e. The van der Waals surface area contributed by atoms with Crippen molar-refractivity contribution in [1.29, 1.82) is 0 Å². The summed E-state index contributed by atoms with van der Waals surface area (Å²) in [5.41, 5.74) is 1.40. The summed E-state index contributed by atoms with van der Waals surface area (Å²) in [6, 6.07) is 0.311. The van der Waals surface area contributed by atoms with Crippen LogP contribution in [-0.4, -0.2) is 17.7 Å². The third kappa shape index (κ3) is 2.88. The van der Waals surface area contributed by atoms with Crippen molar-refractivity contribution in [2.75, 3.05) is 0 Å². The number of hydrogen-bond acceptors (Lipinski definition) is 2. The third-order valence-corrected chi connectivity index (χ3v) is 4.14. The van der Waals surface area contributed by atoms with Crippen LogP contribution in [0.3, 0.4) is 0 Å². The highest BCUT2D eigenvalue weighted by Gasteiger charge is 2.53. The fraction of sp³-hybridized carbons (Fsp3) is 0.800. The van der Waals surface area contributed by atoms with Gasteiger partial charge in [0.2, 0.25) is 0 Å². The molecule has 2 fully saturated rings. The van der Waals surface area contributed by atoms with E-state index >= 15 is 0 Å². The summed E-state index contributed by atoms with van der Waals surface area (Å²) in [7, 11) is 0.